The van der Waals surface area contributed by atoms with Crippen molar-refractivity contribution in [1.29, 1.82) is 0 Å². The first-order valence-corrected chi connectivity index (χ1v) is 8.18. The quantitative estimate of drug-likeness (QED) is 0.823. The van der Waals surface area contributed by atoms with Gasteiger partial charge in [-0.1, -0.05) is 25.5 Å². The Morgan fingerprint density at radius 2 is 1.92 bits per heavy atom. The van der Waals surface area contributed by atoms with Crippen LogP contribution in [0.1, 0.15) is 19.8 Å². The lowest BCUT2D eigenvalue weighted by Gasteiger charge is -2.25. The van der Waals surface area contributed by atoms with Crippen LogP contribution in [0, 0.1) is 0 Å². The Hall–Kier alpha value is -2.69. The van der Waals surface area contributed by atoms with Crippen LogP contribution in [0.5, 0.6) is 17.2 Å². The first-order chi connectivity index (χ1) is 11.8. The second-order valence-electron chi connectivity index (χ2n) is 5.58. The average molecular weight is 327 g/mol. The summed E-state index contributed by atoms with van der Waals surface area (Å²) in [6, 6.07) is 14.6. The molecule has 0 radical (unpaired) electrons. The van der Waals surface area contributed by atoms with Crippen LogP contribution in [-0.4, -0.2) is 25.2 Å². The van der Waals surface area contributed by atoms with Gasteiger partial charge in [0.15, 0.2) is 11.5 Å². The van der Waals surface area contributed by atoms with Gasteiger partial charge in [0.2, 0.25) is 6.10 Å². The molecule has 2 aromatic rings. The van der Waals surface area contributed by atoms with E-state index in [2.05, 4.69) is 12.2 Å². The fourth-order valence-electron chi connectivity index (χ4n) is 2.34. The summed E-state index contributed by atoms with van der Waals surface area (Å²) in [5.74, 6) is 1.82. The fourth-order valence-corrected chi connectivity index (χ4v) is 2.34. The molecule has 126 valence electrons. The molecule has 5 heteroatoms. The summed E-state index contributed by atoms with van der Waals surface area (Å²) < 4.78 is 16.9. The molecule has 1 N–H and O–H groups in total. The summed E-state index contributed by atoms with van der Waals surface area (Å²) >= 11 is 0. The van der Waals surface area contributed by atoms with Gasteiger partial charge in [0, 0.05) is 5.69 Å². The summed E-state index contributed by atoms with van der Waals surface area (Å²) in [5, 5.41) is 2.84. The van der Waals surface area contributed by atoms with Crippen LogP contribution in [-0.2, 0) is 4.79 Å². The molecule has 0 saturated heterocycles. The molecule has 1 unspecified atom stereocenters. The number of hydrogen-bond acceptors (Lipinski definition) is 4. The third-order valence-electron chi connectivity index (χ3n) is 3.69. The van der Waals surface area contributed by atoms with Crippen molar-refractivity contribution < 1.29 is 19.0 Å². The van der Waals surface area contributed by atoms with Crippen LogP contribution in [0.2, 0.25) is 0 Å². The van der Waals surface area contributed by atoms with Crippen molar-refractivity contribution in [3.05, 3.63) is 48.5 Å². The zero-order valence-corrected chi connectivity index (χ0v) is 13.7. The average Bonchev–Trinajstić information content (AvgIpc) is 2.63. The Morgan fingerprint density at radius 1 is 1.17 bits per heavy atom. The van der Waals surface area contributed by atoms with Crippen LogP contribution < -0.4 is 19.5 Å². The van der Waals surface area contributed by atoms with E-state index in [1.165, 1.54) is 0 Å². The van der Waals surface area contributed by atoms with Gasteiger partial charge in [-0.15, -0.1) is 0 Å². The molecule has 0 spiro atoms. The molecule has 0 aromatic heterocycles. The number of hydrogen-bond donors (Lipinski definition) is 1. The molecule has 1 heterocycles. The highest BCUT2D eigenvalue weighted by Crippen LogP contribution is 2.31. The van der Waals surface area contributed by atoms with E-state index in [4.69, 9.17) is 14.2 Å². The minimum Gasteiger partial charge on any atom is -0.494 e. The van der Waals surface area contributed by atoms with Crippen LogP contribution in [0.4, 0.5) is 5.69 Å². The highest BCUT2D eigenvalue weighted by molar-refractivity contribution is 5.94. The van der Waals surface area contributed by atoms with Crippen LogP contribution in [0.15, 0.2) is 48.5 Å². The first kappa shape index (κ1) is 16.2. The predicted molar refractivity (Wildman–Crippen MR) is 91.8 cm³/mol. The van der Waals surface area contributed by atoms with Crippen molar-refractivity contribution in [2.45, 2.75) is 25.9 Å². The Labute approximate surface area is 141 Å². The van der Waals surface area contributed by atoms with E-state index in [-0.39, 0.29) is 12.5 Å². The number of amides is 1. The number of ether oxygens (including phenoxy) is 3. The van der Waals surface area contributed by atoms with Crippen LogP contribution in [0.25, 0.3) is 0 Å². The zero-order valence-electron chi connectivity index (χ0n) is 13.7. The molecule has 24 heavy (non-hydrogen) atoms. The van der Waals surface area contributed by atoms with E-state index in [9.17, 15) is 4.79 Å². The van der Waals surface area contributed by atoms with Crippen molar-refractivity contribution in [3.8, 4) is 17.2 Å². The summed E-state index contributed by atoms with van der Waals surface area (Å²) in [7, 11) is 0. The van der Waals surface area contributed by atoms with Crippen molar-refractivity contribution in [3.63, 3.8) is 0 Å². The minimum atomic E-state index is -0.666. The monoisotopic (exact) mass is 327 g/mol. The van der Waals surface area contributed by atoms with Gasteiger partial charge in [-0.2, -0.15) is 0 Å². The van der Waals surface area contributed by atoms with E-state index in [0.29, 0.717) is 23.8 Å². The molecular weight excluding hydrogens is 306 g/mol. The molecule has 0 bridgehead atoms. The topological polar surface area (TPSA) is 56.8 Å². The molecule has 1 aliphatic heterocycles. The SMILES string of the molecule is CCCCOc1ccc(NC(=O)C2COc3ccccc3O2)cc1. The molecule has 0 aliphatic carbocycles. The molecule has 0 saturated carbocycles. The molecule has 1 atom stereocenters. The van der Waals surface area contributed by atoms with Gasteiger partial charge in [0.1, 0.15) is 12.4 Å². The molecular formula is C19H21NO4. The molecule has 0 fully saturated rings. The number of rotatable bonds is 6. The number of fused-ring (bicyclic) bond motifs is 1. The Morgan fingerprint density at radius 3 is 2.67 bits per heavy atom. The maximum atomic E-state index is 12.3. The van der Waals surface area contributed by atoms with Gasteiger partial charge in [-0.25, -0.2) is 0 Å². The molecule has 2 aromatic carbocycles. The number of anilines is 1. The lowest BCUT2D eigenvalue weighted by molar-refractivity contribution is -0.125. The maximum Gasteiger partial charge on any atom is 0.269 e. The summed E-state index contributed by atoms with van der Waals surface area (Å²) in [4.78, 5) is 12.3. The van der Waals surface area contributed by atoms with Crippen LogP contribution in [0.3, 0.4) is 0 Å². The van der Waals surface area contributed by atoms with Crippen molar-refractivity contribution >= 4 is 11.6 Å². The third kappa shape index (κ3) is 3.98. The van der Waals surface area contributed by atoms with E-state index in [1.807, 2.05) is 42.5 Å². The van der Waals surface area contributed by atoms with Crippen LogP contribution >= 0.6 is 0 Å². The third-order valence-corrected chi connectivity index (χ3v) is 3.69. The van der Waals surface area contributed by atoms with Crippen molar-refractivity contribution in [2.24, 2.45) is 0 Å². The standard InChI is InChI=1S/C19H21NO4/c1-2-3-12-22-15-10-8-14(9-11-15)20-19(21)18-13-23-16-6-4-5-7-17(16)24-18/h4-11,18H,2-3,12-13H2,1H3,(H,20,21). The predicted octanol–water partition coefficient (Wildman–Crippen LogP) is 3.64. The Kier molecular flexibility index (Phi) is 5.21. The van der Waals surface area contributed by atoms with E-state index < -0.39 is 6.10 Å². The van der Waals surface area contributed by atoms with E-state index in [0.717, 1.165) is 18.6 Å². The fraction of sp³-hybridized carbons (Fsp3) is 0.316. The van der Waals surface area contributed by atoms with Gasteiger partial charge in [-0.05, 0) is 42.8 Å². The number of nitrogens with one attached hydrogen (secondary N) is 1. The summed E-state index contributed by atoms with van der Waals surface area (Å²) in [6.07, 6.45) is 1.46. The maximum absolute atomic E-state index is 12.3. The van der Waals surface area contributed by atoms with Gasteiger partial charge in [-0.3, -0.25) is 4.79 Å². The summed E-state index contributed by atoms with van der Waals surface area (Å²) in [5.41, 5.74) is 0.699. The largest absolute Gasteiger partial charge is 0.494 e. The molecule has 5 nitrogen and oxygen atoms in total. The number of unbranched alkanes of at least 4 members (excludes halogenated alkanes) is 1. The second kappa shape index (κ2) is 7.73. The van der Waals surface area contributed by atoms with E-state index >= 15 is 0 Å². The van der Waals surface area contributed by atoms with E-state index in [1.54, 1.807) is 6.07 Å². The highest BCUT2D eigenvalue weighted by Gasteiger charge is 2.27. The molecule has 1 aliphatic rings. The van der Waals surface area contributed by atoms with Gasteiger partial charge < -0.3 is 19.5 Å². The molecule has 3 rings (SSSR count). The lowest BCUT2D eigenvalue weighted by Crippen LogP contribution is -2.40. The smallest absolute Gasteiger partial charge is 0.269 e. The minimum absolute atomic E-state index is 0.195. The second-order valence-corrected chi connectivity index (χ2v) is 5.58. The summed E-state index contributed by atoms with van der Waals surface area (Å²) in [6.45, 7) is 3.02. The molecule has 1 amide bonds. The zero-order chi connectivity index (χ0) is 16.8. The van der Waals surface area contributed by atoms with Gasteiger partial charge in [0.05, 0.1) is 6.61 Å². The Bertz CT molecular complexity index is 684. The Balaban J connectivity index is 1.55. The van der Waals surface area contributed by atoms with Gasteiger partial charge >= 0.3 is 0 Å². The number of carbonyl (C=O) groups excluding carboxylic acids is 1. The highest BCUT2D eigenvalue weighted by atomic mass is 16.6. The van der Waals surface area contributed by atoms with Crippen molar-refractivity contribution in [1.82, 2.24) is 0 Å². The normalized spacial score (nSPS) is 15.6. The number of carbonyl (C=O) groups is 1. The first-order valence-electron chi connectivity index (χ1n) is 8.18. The van der Waals surface area contributed by atoms with Crippen molar-refractivity contribution in [2.75, 3.05) is 18.5 Å². The number of benzene rings is 2. The number of para-hydroxylation sites is 2. The lowest BCUT2D eigenvalue weighted by atomic mass is 10.2. The van der Waals surface area contributed by atoms with Gasteiger partial charge in [0.25, 0.3) is 5.91 Å².